The minimum absolute atomic E-state index is 0. The zero-order chi connectivity index (χ0) is 14.8. The van der Waals surface area contributed by atoms with Gasteiger partial charge in [0, 0.05) is 12.6 Å². The van der Waals surface area contributed by atoms with Crippen LogP contribution in [0.4, 0.5) is 0 Å². The fraction of sp³-hybridized carbons (Fsp3) is 0.400. The van der Waals surface area contributed by atoms with Crippen molar-refractivity contribution in [2.24, 2.45) is 11.7 Å². The van der Waals surface area contributed by atoms with E-state index in [0.29, 0.717) is 24.7 Å². The van der Waals surface area contributed by atoms with Crippen LogP contribution < -0.4 is 5.73 Å². The Balaban J connectivity index is 0.00000176. The minimum Gasteiger partial charge on any atom is -0.334 e. The first-order valence-corrected chi connectivity index (χ1v) is 7.18. The number of carbonyl (C=O) groups is 1. The van der Waals surface area contributed by atoms with Crippen molar-refractivity contribution in [3.63, 3.8) is 0 Å². The molecule has 2 atom stereocenters. The van der Waals surface area contributed by atoms with Gasteiger partial charge in [-0.2, -0.15) is 0 Å². The van der Waals surface area contributed by atoms with Crippen LogP contribution in [0.2, 0.25) is 0 Å². The highest BCUT2D eigenvalue weighted by atomic mass is 35.5. The average molecular weight is 322 g/mol. The third-order valence-electron chi connectivity index (χ3n) is 3.99. The van der Waals surface area contributed by atoms with E-state index >= 15 is 0 Å². The number of nitrogens with two attached hydrogens (primary N) is 1. The number of hydrogen-bond acceptors (Lipinski definition) is 4. The van der Waals surface area contributed by atoms with Crippen molar-refractivity contribution in [2.45, 2.75) is 19.4 Å². The molecule has 2 unspecified atom stereocenters. The summed E-state index contributed by atoms with van der Waals surface area (Å²) in [4.78, 5) is 14.4. The van der Waals surface area contributed by atoms with Crippen molar-refractivity contribution in [2.75, 3.05) is 13.1 Å². The van der Waals surface area contributed by atoms with E-state index in [1.54, 1.807) is 10.9 Å². The third kappa shape index (κ3) is 3.13. The van der Waals surface area contributed by atoms with Crippen molar-refractivity contribution in [3.8, 4) is 5.69 Å². The van der Waals surface area contributed by atoms with E-state index in [0.717, 1.165) is 12.1 Å². The van der Waals surface area contributed by atoms with Crippen LogP contribution in [0.5, 0.6) is 0 Å². The van der Waals surface area contributed by atoms with Crippen LogP contribution in [0.3, 0.4) is 0 Å². The van der Waals surface area contributed by atoms with Crippen LogP contribution in [-0.2, 0) is 0 Å². The third-order valence-corrected chi connectivity index (χ3v) is 3.99. The Hall–Kier alpha value is -1.92. The lowest BCUT2D eigenvalue weighted by Gasteiger charge is -2.19. The molecule has 0 saturated carbocycles. The molecule has 0 spiro atoms. The molecule has 0 radical (unpaired) electrons. The van der Waals surface area contributed by atoms with E-state index in [4.69, 9.17) is 5.73 Å². The molecule has 22 heavy (non-hydrogen) atoms. The summed E-state index contributed by atoms with van der Waals surface area (Å²) in [5.74, 6) is 0.314. The van der Waals surface area contributed by atoms with Crippen LogP contribution in [0.15, 0.2) is 36.5 Å². The summed E-state index contributed by atoms with van der Waals surface area (Å²) in [5, 5.41) is 8.05. The molecule has 1 saturated heterocycles. The van der Waals surface area contributed by atoms with Crippen LogP contribution in [0.25, 0.3) is 5.69 Å². The monoisotopic (exact) mass is 321 g/mol. The number of halogens is 1. The van der Waals surface area contributed by atoms with Crippen LogP contribution in [0, 0.1) is 5.92 Å². The van der Waals surface area contributed by atoms with Crippen LogP contribution >= 0.6 is 12.4 Å². The number of benzene rings is 1. The number of likely N-dealkylation sites (tertiary alicyclic amines) is 1. The van der Waals surface area contributed by atoms with Gasteiger partial charge in [0.1, 0.15) is 0 Å². The van der Waals surface area contributed by atoms with E-state index in [-0.39, 0.29) is 24.4 Å². The predicted octanol–water partition coefficient (Wildman–Crippen LogP) is 1.50. The van der Waals surface area contributed by atoms with Gasteiger partial charge in [0.25, 0.3) is 5.91 Å². The predicted molar refractivity (Wildman–Crippen MR) is 86.3 cm³/mol. The molecule has 118 valence electrons. The molecular weight excluding hydrogens is 302 g/mol. The number of nitrogens with zero attached hydrogens (tertiary/aromatic N) is 4. The van der Waals surface area contributed by atoms with Crippen molar-refractivity contribution in [1.29, 1.82) is 0 Å². The van der Waals surface area contributed by atoms with Gasteiger partial charge in [-0.25, -0.2) is 4.68 Å². The fourth-order valence-corrected chi connectivity index (χ4v) is 2.81. The Kier molecular flexibility index (Phi) is 5.15. The standard InChI is InChI=1S/C15H19N5O.ClH/c1-11-7-12(8-16)9-19(11)15(21)14-10-20(18-17-14)13-5-3-2-4-6-13;/h2-6,10-12H,7-9,16H2,1H3;1H. The molecule has 3 rings (SSSR count). The van der Waals surface area contributed by atoms with Crippen molar-refractivity contribution in [3.05, 3.63) is 42.2 Å². The largest absolute Gasteiger partial charge is 0.334 e. The number of para-hydroxylation sites is 1. The van der Waals surface area contributed by atoms with Gasteiger partial charge in [-0.1, -0.05) is 23.4 Å². The summed E-state index contributed by atoms with van der Waals surface area (Å²) in [5.41, 5.74) is 6.97. The molecule has 1 aliphatic heterocycles. The molecule has 7 heteroatoms. The van der Waals surface area contributed by atoms with Gasteiger partial charge >= 0.3 is 0 Å². The second-order valence-corrected chi connectivity index (χ2v) is 5.53. The molecule has 1 fully saturated rings. The first kappa shape index (κ1) is 16.5. The summed E-state index contributed by atoms with van der Waals surface area (Å²) in [7, 11) is 0. The Morgan fingerprint density at radius 1 is 1.36 bits per heavy atom. The van der Waals surface area contributed by atoms with Gasteiger partial charge in [-0.3, -0.25) is 4.79 Å². The maximum atomic E-state index is 12.5. The highest BCUT2D eigenvalue weighted by Crippen LogP contribution is 2.23. The smallest absolute Gasteiger partial charge is 0.276 e. The molecule has 6 nitrogen and oxygen atoms in total. The van der Waals surface area contributed by atoms with Crippen molar-refractivity contribution < 1.29 is 4.79 Å². The highest BCUT2D eigenvalue weighted by Gasteiger charge is 2.33. The molecule has 1 aromatic carbocycles. The second-order valence-electron chi connectivity index (χ2n) is 5.53. The lowest BCUT2D eigenvalue weighted by atomic mass is 10.1. The van der Waals surface area contributed by atoms with Crippen LogP contribution in [0.1, 0.15) is 23.8 Å². The second kappa shape index (κ2) is 6.89. The molecule has 1 aromatic heterocycles. The summed E-state index contributed by atoms with van der Waals surface area (Å²) >= 11 is 0. The SMILES string of the molecule is CC1CC(CN)CN1C(=O)c1cn(-c2ccccc2)nn1.Cl. The van der Waals surface area contributed by atoms with E-state index in [9.17, 15) is 4.79 Å². The maximum absolute atomic E-state index is 12.5. The van der Waals surface area contributed by atoms with Gasteiger partial charge in [0.15, 0.2) is 5.69 Å². The van der Waals surface area contributed by atoms with Gasteiger partial charge in [0.2, 0.25) is 0 Å². The Morgan fingerprint density at radius 2 is 2.09 bits per heavy atom. The van der Waals surface area contributed by atoms with E-state index in [1.807, 2.05) is 35.2 Å². The Morgan fingerprint density at radius 3 is 2.73 bits per heavy atom. The van der Waals surface area contributed by atoms with Crippen molar-refractivity contribution >= 4 is 18.3 Å². The molecule has 0 aliphatic carbocycles. The van der Waals surface area contributed by atoms with Gasteiger partial charge in [0.05, 0.1) is 11.9 Å². The van der Waals surface area contributed by atoms with E-state index < -0.39 is 0 Å². The molecule has 2 N–H and O–H groups in total. The topological polar surface area (TPSA) is 77.0 Å². The number of rotatable bonds is 3. The number of carbonyl (C=O) groups excluding carboxylic acids is 1. The van der Waals surface area contributed by atoms with Gasteiger partial charge in [-0.15, -0.1) is 17.5 Å². The van der Waals surface area contributed by atoms with E-state index in [1.165, 1.54) is 0 Å². The molecule has 2 aromatic rings. The maximum Gasteiger partial charge on any atom is 0.276 e. The molecular formula is C15H20ClN5O. The highest BCUT2D eigenvalue weighted by molar-refractivity contribution is 5.92. The Bertz CT molecular complexity index is 630. The number of aromatic nitrogens is 3. The normalized spacial score (nSPS) is 20.7. The van der Waals surface area contributed by atoms with Gasteiger partial charge < -0.3 is 10.6 Å². The first-order valence-electron chi connectivity index (χ1n) is 7.18. The summed E-state index contributed by atoms with van der Waals surface area (Å²) in [6.07, 6.45) is 2.63. The summed E-state index contributed by atoms with van der Waals surface area (Å²) in [6, 6.07) is 9.83. The molecule has 1 aliphatic rings. The van der Waals surface area contributed by atoms with Crippen molar-refractivity contribution in [1.82, 2.24) is 19.9 Å². The lowest BCUT2D eigenvalue weighted by molar-refractivity contribution is 0.0737. The molecule has 1 amide bonds. The number of amides is 1. The summed E-state index contributed by atoms with van der Waals surface area (Å²) in [6.45, 7) is 3.37. The fourth-order valence-electron chi connectivity index (χ4n) is 2.81. The molecule has 0 bridgehead atoms. The summed E-state index contributed by atoms with van der Waals surface area (Å²) < 4.78 is 1.62. The van der Waals surface area contributed by atoms with Gasteiger partial charge in [-0.05, 0) is 37.9 Å². The quantitative estimate of drug-likeness (QED) is 0.929. The first-order chi connectivity index (χ1) is 10.2. The zero-order valence-electron chi connectivity index (χ0n) is 12.4. The average Bonchev–Trinajstić information content (AvgIpc) is 3.14. The minimum atomic E-state index is -0.0689. The number of hydrogen-bond donors (Lipinski definition) is 1. The zero-order valence-corrected chi connectivity index (χ0v) is 13.2. The lowest BCUT2D eigenvalue weighted by Crippen LogP contribution is -2.34. The van der Waals surface area contributed by atoms with Crippen LogP contribution in [-0.4, -0.2) is 44.9 Å². The molecule has 2 heterocycles. The van der Waals surface area contributed by atoms with E-state index in [2.05, 4.69) is 17.2 Å². The Labute approximate surface area is 135 Å².